The zero-order chi connectivity index (χ0) is 32.2. The summed E-state index contributed by atoms with van der Waals surface area (Å²) in [6, 6.07) is 6.29. The van der Waals surface area contributed by atoms with Gasteiger partial charge in [0.25, 0.3) is 5.56 Å². The van der Waals surface area contributed by atoms with Crippen LogP contribution in [-0.4, -0.2) is 61.5 Å². The van der Waals surface area contributed by atoms with E-state index in [0.29, 0.717) is 11.4 Å². The average Bonchev–Trinajstić information content (AvgIpc) is 2.79. The molecule has 1 N–H and O–H groups in total. The highest BCUT2D eigenvalue weighted by Crippen LogP contribution is 2.23. The van der Waals surface area contributed by atoms with Crippen molar-refractivity contribution in [2.24, 2.45) is 4.99 Å². The predicted octanol–water partition coefficient (Wildman–Crippen LogP) is 6.01. The molecule has 0 bridgehead atoms. The SMILES string of the molecule is C=C(COc1ccc(N=Cc2c(O)n(C(C)C)c(=O)n(C(C)C)c2=O)cc1)[Si](O[Si](C)(C)C)O[Si](C)(C)O[Si](C)(C)C. The largest absolute Gasteiger partial charge is 0.494 e. The summed E-state index contributed by atoms with van der Waals surface area (Å²) in [5, 5.41) is 11.5. The van der Waals surface area contributed by atoms with Crippen LogP contribution in [0.1, 0.15) is 45.3 Å². The van der Waals surface area contributed by atoms with Gasteiger partial charge < -0.3 is 22.2 Å². The number of nitrogens with zero attached hydrogens (tertiary/aromatic N) is 3. The van der Waals surface area contributed by atoms with Crippen LogP contribution < -0.4 is 16.0 Å². The lowest BCUT2D eigenvalue weighted by molar-refractivity contribution is 0.328. The molecule has 42 heavy (non-hydrogen) atoms. The van der Waals surface area contributed by atoms with Gasteiger partial charge in [-0.05, 0) is 104 Å². The molecule has 2 aromatic rings. The zero-order valence-corrected chi connectivity index (χ0v) is 31.2. The van der Waals surface area contributed by atoms with Crippen LogP contribution in [0.4, 0.5) is 5.69 Å². The Morgan fingerprint density at radius 3 is 1.95 bits per heavy atom. The van der Waals surface area contributed by atoms with E-state index in [0.717, 1.165) is 9.76 Å². The highest BCUT2D eigenvalue weighted by molar-refractivity contribution is 6.86. The molecular weight excluding hydrogens is 603 g/mol. The number of aromatic nitrogens is 2. The van der Waals surface area contributed by atoms with Gasteiger partial charge in [0, 0.05) is 23.5 Å². The highest BCUT2D eigenvalue weighted by atomic mass is 28.5. The van der Waals surface area contributed by atoms with Gasteiger partial charge in [-0.25, -0.2) is 4.79 Å². The lowest BCUT2D eigenvalue weighted by Gasteiger charge is -2.35. The van der Waals surface area contributed by atoms with Crippen molar-refractivity contribution in [3.63, 3.8) is 0 Å². The lowest BCUT2D eigenvalue weighted by Crippen LogP contribution is -2.51. The molecule has 2 rings (SSSR count). The van der Waals surface area contributed by atoms with Gasteiger partial charge in [-0.2, -0.15) is 0 Å². The molecule has 1 aromatic carbocycles. The molecule has 0 amide bonds. The van der Waals surface area contributed by atoms with Crippen molar-refractivity contribution in [1.29, 1.82) is 0 Å². The Bertz CT molecular complexity index is 1390. The molecule has 0 spiro atoms. The van der Waals surface area contributed by atoms with Crippen LogP contribution in [0.2, 0.25) is 52.4 Å². The maximum atomic E-state index is 13.0. The summed E-state index contributed by atoms with van der Waals surface area (Å²) in [6.07, 6.45) is 1.29. The average molecular weight is 651 g/mol. The van der Waals surface area contributed by atoms with Gasteiger partial charge in [-0.1, -0.05) is 6.58 Å². The maximum absolute atomic E-state index is 13.0. The molecule has 0 aliphatic heterocycles. The van der Waals surface area contributed by atoms with E-state index in [1.807, 2.05) is 13.1 Å². The molecule has 0 saturated carbocycles. The molecule has 0 atom stereocenters. The van der Waals surface area contributed by atoms with Gasteiger partial charge in [-0.15, -0.1) is 0 Å². The molecule has 1 aromatic heterocycles. The monoisotopic (exact) mass is 650 g/mol. The number of aliphatic imine (C=N–C) groups is 1. The van der Waals surface area contributed by atoms with Crippen molar-refractivity contribution in [3.05, 3.63) is 62.4 Å². The predicted molar refractivity (Wildman–Crippen MR) is 179 cm³/mol. The van der Waals surface area contributed by atoms with Crippen molar-refractivity contribution >= 4 is 46.4 Å². The second-order valence-electron chi connectivity index (χ2n) is 13.1. The quantitative estimate of drug-likeness (QED) is 0.197. The van der Waals surface area contributed by atoms with E-state index >= 15 is 0 Å². The van der Waals surface area contributed by atoms with Crippen LogP contribution in [0.15, 0.2) is 50.6 Å². The van der Waals surface area contributed by atoms with Gasteiger partial charge in [0.15, 0.2) is 16.6 Å². The molecule has 14 heteroatoms. The minimum atomic E-state index is -2.44. The number of hydrogen-bond donors (Lipinski definition) is 1. The van der Waals surface area contributed by atoms with Gasteiger partial charge in [-0.3, -0.25) is 18.9 Å². The van der Waals surface area contributed by atoms with Crippen molar-refractivity contribution in [1.82, 2.24) is 9.13 Å². The molecular formula is C28H48N3O7Si4. The van der Waals surface area contributed by atoms with Crippen LogP contribution in [-0.2, 0) is 12.3 Å². The minimum absolute atomic E-state index is 0.0460. The fraction of sp³-hybridized carbons (Fsp3) is 0.536. The number of rotatable bonds is 14. The summed E-state index contributed by atoms with van der Waals surface area (Å²) in [5.41, 5.74) is -0.643. The van der Waals surface area contributed by atoms with Crippen molar-refractivity contribution < 1.29 is 22.2 Å². The summed E-state index contributed by atoms with van der Waals surface area (Å²) in [7, 11) is -8.01. The Morgan fingerprint density at radius 1 is 0.929 bits per heavy atom. The summed E-state index contributed by atoms with van der Waals surface area (Å²) in [5.74, 6) is 0.207. The Morgan fingerprint density at radius 2 is 1.48 bits per heavy atom. The summed E-state index contributed by atoms with van der Waals surface area (Å²) in [4.78, 5) is 30.2. The lowest BCUT2D eigenvalue weighted by atomic mass is 10.2. The molecule has 1 heterocycles. The van der Waals surface area contributed by atoms with Crippen molar-refractivity contribution in [2.45, 2.75) is 92.2 Å². The van der Waals surface area contributed by atoms with E-state index in [2.05, 4.69) is 50.9 Å². The molecule has 10 nitrogen and oxygen atoms in total. The fourth-order valence-corrected chi connectivity index (χ4v) is 16.4. The highest BCUT2D eigenvalue weighted by Gasteiger charge is 2.39. The molecule has 1 radical (unpaired) electrons. The van der Waals surface area contributed by atoms with Crippen LogP contribution in [0.25, 0.3) is 0 Å². The summed E-state index contributed by atoms with van der Waals surface area (Å²) < 4.78 is 27.6. The second kappa shape index (κ2) is 14.0. The first kappa shape index (κ1) is 35.9. The number of hydrogen-bond acceptors (Lipinski definition) is 8. The first-order chi connectivity index (χ1) is 19.1. The van der Waals surface area contributed by atoms with E-state index in [-0.39, 0.29) is 24.3 Å². The molecule has 0 aliphatic rings. The van der Waals surface area contributed by atoms with Crippen LogP contribution in [0, 0.1) is 0 Å². The van der Waals surface area contributed by atoms with Crippen molar-refractivity contribution in [2.75, 3.05) is 6.61 Å². The first-order valence-electron chi connectivity index (χ1n) is 14.1. The molecule has 0 saturated heterocycles. The van der Waals surface area contributed by atoms with Gasteiger partial charge >= 0.3 is 23.5 Å². The Labute approximate surface area is 255 Å². The molecule has 0 unspecified atom stereocenters. The Kier molecular flexibility index (Phi) is 11.9. The smallest absolute Gasteiger partial charge is 0.401 e. The van der Waals surface area contributed by atoms with Crippen LogP contribution in [0.3, 0.4) is 0 Å². The Hall–Kier alpha value is -2.34. The van der Waals surface area contributed by atoms with E-state index in [9.17, 15) is 14.7 Å². The standard InChI is InChI=1S/C28H48N3O7Si4/c1-20(2)30-26(32)25(27(33)31(21(3)4)28(30)34)18-29-23-14-16-24(17-15-23)35-19-22(5)39(36-40(6,7)8)37-42(12,13)38-41(9,10)11/h14-18,20-21,32H,5,19H2,1-4,6-13H3. The number of aromatic hydroxyl groups is 1. The van der Waals surface area contributed by atoms with E-state index < -0.39 is 51.6 Å². The Balaban J connectivity index is 2.21. The maximum Gasteiger partial charge on any atom is 0.401 e. The summed E-state index contributed by atoms with van der Waals surface area (Å²) >= 11 is 0. The van der Waals surface area contributed by atoms with E-state index in [1.165, 1.54) is 10.8 Å². The minimum Gasteiger partial charge on any atom is -0.494 e. The third-order valence-electron chi connectivity index (χ3n) is 5.53. The van der Waals surface area contributed by atoms with Gasteiger partial charge in [0.1, 0.15) is 17.9 Å². The van der Waals surface area contributed by atoms with Gasteiger partial charge in [0.05, 0.1) is 5.69 Å². The third-order valence-corrected chi connectivity index (χ3v) is 16.6. The molecule has 233 valence electrons. The fourth-order valence-electron chi connectivity index (χ4n) is 4.10. The first-order valence-corrected chi connectivity index (χ1v) is 25.1. The van der Waals surface area contributed by atoms with Crippen molar-refractivity contribution in [3.8, 4) is 11.6 Å². The third kappa shape index (κ3) is 10.4. The normalized spacial score (nSPS) is 13.1. The van der Waals surface area contributed by atoms with E-state index in [1.54, 1.807) is 52.0 Å². The zero-order valence-electron chi connectivity index (χ0n) is 27.2. The molecule has 0 fully saturated rings. The van der Waals surface area contributed by atoms with Crippen LogP contribution >= 0.6 is 0 Å². The van der Waals surface area contributed by atoms with Crippen LogP contribution in [0.5, 0.6) is 11.6 Å². The number of benzene rings is 1. The summed E-state index contributed by atoms with van der Waals surface area (Å²) in [6.45, 7) is 28.4. The molecule has 0 aliphatic carbocycles. The van der Waals surface area contributed by atoms with Gasteiger partial charge in [0.2, 0.25) is 5.88 Å². The second-order valence-corrected chi connectivity index (χ2v) is 28.1. The van der Waals surface area contributed by atoms with E-state index in [4.69, 9.17) is 17.1 Å². The number of ether oxygens (including phenoxy) is 1. The topological polar surface area (TPSA) is 114 Å².